The van der Waals surface area contributed by atoms with Gasteiger partial charge in [-0.1, -0.05) is 121 Å². The molecule has 49 heavy (non-hydrogen) atoms. The molecule has 0 N–H and O–H groups in total. The van der Waals surface area contributed by atoms with Crippen LogP contribution in [-0.2, 0) is 12.8 Å². The average molecular weight is 663 g/mol. The molecule has 2 aliphatic heterocycles. The normalized spacial score (nSPS) is 17.4. The molecule has 0 radical (unpaired) electrons. The van der Waals surface area contributed by atoms with Gasteiger partial charge in [0, 0.05) is 39.9 Å². The van der Waals surface area contributed by atoms with Gasteiger partial charge in [0.25, 0.3) is 0 Å². The van der Waals surface area contributed by atoms with E-state index in [1.54, 1.807) is 5.19 Å². The number of rotatable bonds is 4. The van der Waals surface area contributed by atoms with Gasteiger partial charge >= 0.3 is 0 Å². The van der Waals surface area contributed by atoms with E-state index in [4.69, 9.17) is 6.58 Å². The van der Waals surface area contributed by atoms with Gasteiger partial charge in [-0.2, -0.15) is 9.13 Å². The highest BCUT2D eigenvalue weighted by molar-refractivity contribution is 6.89. The van der Waals surface area contributed by atoms with Crippen molar-refractivity contribution in [3.63, 3.8) is 0 Å². The number of hydrogen-bond donors (Lipinski definition) is 0. The Hall–Kier alpha value is -4.08. The first-order valence-corrected chi connectivity index (χ1v) is 21.9. The van der Waals surface area contributed by atoms with Crippen LogP contribution in [0.25, 0.3) is 39.3 Å². The molecule has 2 aliphatic rings. The lowest BCUT2D eigenvalue weighted by molar-refractivity contribution is -0.720. The standard InChI is InChI=1S/C46H54N2Si/c1-31(2)41-29-48-42-25-32(3)47-30-45(49(7,8)9)35(28-46(4,5)6)26-43(47)36-20-14-13-19-34(36)23-24-39(42)37-21-15-16-22-38(37)44(48)27-40(41)33-17-11-10-12-18-33/h10-22,26-27,29-31,39,42H,3,23-25,28H2,1-2,4-9H3/q+2. The highest BCUT2D eigenvalue weighted by atomic mass is 28.3. The van der Waals surface area contributed by atoms with Gasteiger partial charge in [0.05, 0.1) is 14.5 Å². The van der Waals surface area contributed by atoms with Gasteiger partial charge in [-0.25, -0.2) is 0 Å². The number of pyridine rings is 2. The van der Waals surface area contributed by atoms with E-state index in [-0.39, 0.29) is 11.5 Å². The van der Waals surface area contributed by atoms with Gasteiger partial charge in [-0.15, -0.1) is 0 Å². The summed E-state index contributed by atoms with van der Waals surface area (Å²) in [6, 6.07) is 34.6. The Labute approximate surface area is 296 Å². The lowest BCUT2D eigenvalue weighted by Gasteiger charge is -2.32. The number of benzene rings is 3. The summed E-state index contributed by atoms with van der Waals surface area (Å²) in [5, 5.41) is 1.55. The van der Waals surface area contributed by atoms with Crippen molar-refractivity contribution in [3.8, 4) is 33.6 Å². The molecule has 2 atom stereocenters. The van der Waals surface area contributed by atoms with Crippen LogP contribution < -0.4 is 14.3 Å². The summed E-state index contributed by atoms with van der Waals surface area (Å²) in [6.07, 6.45) is 9.12. The molecular formula is C46H54N2Si+2. The Bertz CT molecular complexity index is 2040. The van der Waals surface area contributed by atoms with E-state index in [9.17, 15) is 0 Å². The Morgan fingerprint density at radius 1 is 0.796 bits per heavy atom. The quantitative estimate of drug-likeness (QED) is 0.134. The molecule has 250 valence electrons. The maximum absolute atomic E-state index is 4.94. The Morgan fingerprint density at radius 2 is 1.47 bits per heavy atom. The Morgan fingerprint density at radius 3 is 2.16 bits per heavy atom. The van der Waals surface area contributed by atoms with Crippen molar-refractivity contribution >= 4 is 19.0 Å². The first-order chi connectivity index (χ1) is 23.3. The maximum Gasteiger partial charge on any atom is 0.218 e. The highest BCUT2D eigenvalue weighted by Crippen LogP contribution is 2.45. The van der Waals surface area contributed by atoms with Gasteiger partial charge < -0.3 is 0 Å². The van der Waals surface area contributed by atoms with Crippen molar-refractivity contribution in [1.29, 1.82) is 0 Å². The summed E-state index contributed by atoms with van der Waals surface area (Å²) >= 11 is 0. The second-order valence-corrected chi connectivity index (χ2v) is 22.2. The number of aryl methyl sites for hydroxylation is 1. The van der Waals surface area contributed by atoms with E-state index < -0.39 is 8.07 Å². The minimum atomic E-state index is -1.68. The Kier molecular flexibility index (Phi) is 8.64. The van der Waals surface area contributed by atoms with Crippen molar-refractivity contribution in [2.24, 2.45) is 5.41 Å². The average Bonchev–Trinajstić information content (AvgIpc) is 3.06. The monoisotopic (exact) mass is 662 g/mol. The predicted octanol–water partition coefficient (Wildman–Crippen LogP) is 10.7. The van der Waals surface area contributed by atoms with Gasteiger partial charge in [-0.3, -0.25) is 0 Å². The number of fused-ring (bicyclic) bond motifs is 9. The fourth-order valence-electron chi connectivity index (χ4n) is 8.54. The SMILES string of the molecule is C=C1CC2C(CCc3ccccc3-c3cc(CC(C)(C)C)c([Si](C)(C)C)c[n+]31)c1ccccc1-c1cc(-c3ccccc3)c(C(C)C)c[n+]12. The van der Waals surface area contributed by atoms with Crippen LogP contribution in [0.15, 0.2) is 110 Å². The van der Waals surface area contributed by atoms with E-state index in [0.29, 0.717) is 11.8 Å². The highest BCUT2D eigenvalue weighted by Gasteiger charge is 2.43. The van der Waals surface area contributed by atoms with E-state index in [0.717, 1.165) is 25.7 Å². The second kappa shape index (κ2) is 12.7. The topological polar surface area (TPSA) is 7.76 Å². The minimum absolute atomic E-state index is 0.204. The first kappa shape index (κ1) is 33.4. The van der Waals surface area contributed by atoms with Crippen molar-refractivity contribution in [2.75, 3.05) is 0 Å². The summed E-state index contributed by atoms with van der Waals surface area (Å²) in [4.78, 5) is 0. The molecule has 0 fully saturated rings. The molecule has 3 aromatic carbocycles. The molecular weight excluding hydrogens is 609 g/mol. The van der Waals surface area contributed by atoms with Crippen LogP contribution in [0.4, 0.5) is 0 Å². The molecule has 0 saturated carbocycles. The summed E-state index contributed by atoms with van der Waals surface area (Å²) in [7, 11) is -1.68. The summed E-state index contributed by atoms with van der Waals surface area (Å²) in [6.45, 7) is 24.2. The molecule has 2 nitrogen and oxygen atoms in total. The molecule has 4 heterocycles. The summed E-state index contributed by atoms with van der Waals surface area (Å²) < 4.78 is 5.16. The van der Waals surface area contributed by atoms with E-state index in [2.05, 4.69) is 167 Å². The molecule has 0 bridgehead atoms. The number of allylic oxidation sites excluding steroid dienone is 1. The van der Waals surface area contributed by atoms with Crippen LogP contribution in [0, 0.1) is 5.41 Å². The Balaban J connectivity index is 1.46. The fourth-order valence-corrected chi connectivity index (χ4v) is 10.2. The zero-order valence-corrected chi connectivity index (χ0v) is 32.0. The molecule has 3 heteroatoms. The molecule has 0 aliphatic carbocycles. The molecule has 2 unspecified atom stereocenters. The number of aromatic nitrogens is 2. The van der Waals surface area contributed by atoms with E-state index >= 15 is 0 Å². The van der Waals surface area contributed by atoms with E-state index in [1.165, 1.54) is 61.6 Å². The van der Waals surface area contributed by atoms with Crippen LogP contribution >= 0.6 is 0 Å². The number of nitrogens with zero attached hydrogens (tertiary/aromatic N) is 2. The minimum Gasteiger partial charge on any atom is -0.194 e. The molecule has 0 amide bonds. The zero-order chi connectivity index (χ0) is 34.7. The molecule has 0 spiro atoms. The van der Waals surface area contributed by atoms with Gasteiger partial charge in [0.1, 0.15) is 0 Å². The van der Waals surface area contributed by atoms with Crippen molar-refractivity contribution in [2.45, 2.75) is 97.8 Å². The largest absolute Gasteiger partial charge is 0.218 e. The third kappa shape index (κ3) is 6.39. The zero-order valence-electron chi connectivity index (χ0n) is 31.0. The summed E-state index contributed by atoms with van der Waals surface area (Å²) in [5.74, 6) is 0.772. The third-order valence-corrected chi connectivity index (χ3v) is 12.9. The maximum atomic E-state index is 4.94. The lowest BCUT2D eigenvalue weighted by atomic mass is 9.76. The van der Waals surface area contributed by atoms with Gasteiger partial charge in [-0.05, 0) is 77.1 Å². The molecule has 7 rings (SSSR count). The third-order valence-electron chi connectivity index (χ3n) is 10.8. The number of hydrogen-bond acceptors (Lipinski definition) is 0. The van der Waals surface area contributed by atoms with Gasteiger partial charge in [0.2, 0.25) is 11.4 Å². The van der Waals surface area contributed by atoms with Crippen LogP contribution in [0.1, 0.15) is 87.6 Å². The van der Waals surface area contributed by atoms with Crippen LogP contribution in [0.5, 0.6) is 0 Å². The predicted molar refractivity (Wildman–Crippen MR) is 210 cm³/mol. The first-order valence-electron chi connectivity index (χ1n) is 18.4. The van der Waals surface area contributed by atoms with Gasteiger partial charge in [0.15, 0.2) is 24.1 Å². The second-order valence-electron chi connectivity index (χ2n) is 17.1. The van der Waals surface area contributed by atoms with Crippen LogP contribution in [0.3, 0.4) is 0 Å². The summed E-state index contributed by atoms with van der Waals surface area (Å²) in [5.41, 5.74) is 15.2. The van der Waals surface area contributed by atoms with Crippen molar-refractivity contribution < 1.29 is 9.13 Å². The molecule has 0 saturated heterocycles. The van der Waals surface area contributed by atoms with Crippen LogP contribution in [0.2, 0.25) is 19.6 Å². The van der Waals surface area contributed by atoms with Crippen LogP contribution in [-0.4, -0.2) is 8.07 Å². The molecule has 5 aromatic rings. The fraction of sp³-hybridized carbons (Fsp3) is 0.348. The van der Waals surface area contributed by atoms with Crippen molar-refractivity contribution in [3.05, 3.63) is 132 Å². The lowest BCUT2D eigenvalue weighted by Crippen LogP contribution is -2.52. The van der Waals surface area contributed by atoms with Crippen molar-refractivity contribution in [1.82, 2.24) is 0 Å². The smallest absolute Gasteiger partial charge is 0.194 e. The molecule has 2 aromatic heterocycles. The van der Waals surface area contributed by atoms with E-state index in [1.807, 2.05) is 0 Å².